The third-order valence-corrected chi connectivity index (χ3v) is 5.14. The molecule has 0 spiro atoms. The summed E-state index contributed by atoms with van der Waals surface area (Å²) in [6.07, 6.45) is 5.10. The predicted molar refractivity (Wildman–Crippen MR) is 104 cm³/mol. The van der Waals surface area contributed by atoms with Crippen LogP contribution in [0.25, 0.3) is 11.3 Å². The van der Waals surface area contributed by atoms with Gasteiger partial charge in [-0.1, -0.05) is 19.3 Å². The van der Waals surface area contributed by atoms with Gasteiger partial charge in [-0.15, -0.1) is 0 Å². The highest BCUT2D eigenvalue weighted by atomic mass is 16.8. The second kappa shape index (κ2) is 8.90. The zero-order valence-corrected chi connectivity index (χ0v) is 15.7. The van der Waals surface area contributed by atoms with E-state index in [2.05, 4.69) is 10.6 Å². The fraction of sp³-hybridized carbons (Fsp3) is 0.400. The molecule has 1 aromatic heterocycles. The van der Waals surface area contributed by atoms with Crippen LogP contribution in [0.1, 0.15) is 42.7 Å². The van der Waals surface area contributed by atoms with Crippen LogP contribution in [0.4, 0.5) is 5.69 Å². The number of nitrogens with one attached hydrogen (secondary N) is 2. The number of carbonyl (C=O) groups is 2. The van der Waals surface area contributed by atoms with Crippen LogP contribution in [-0.4, -0.2) is 30.1 Å². The molecule has 1 aliphatic carbocycles. The average molecular weight is 386 g/mol. The molecule has 1 saturated carbocycles. The molecule has 8 nitrogen and oxygen atoms in total. The van der Waals surface area contributed by atoms with E-state index in [0.29, 0.717) is 11.3 Å². The minimum atomic E-state index is -0.585. The Kier molecular flexibility index (Phi) is 6.33. The molecule has 0 bridgehead atoms. The number of hydrogen-bond acceptors (Lipinski definition) is 6. The first-order valence-corrected chi connectivity index (χ1v) is 9.38. The van der Waals surface area contributed by atoms with Gasteiger partial charge in [0.1, 0.15) is 11.8 Å². The van der Waals surface area contributed by atoms with Crippen molar-refractivity contribution in [1.82, 2.24) is 10.6 Å². The van der Waals surface area contributed by atoms with E-state index in [1.54, 1.807) is 31.3 Å². The van der Waals surface area contributed by atoms with Crippen LogP contribution in [0.2, 0.25) is 0 Å². The number of rotatable bonds is 6. The Morgan fingerprint density at radius 3 is 2.43 bits per heavy atom. The lowest BCUT2D eigenvalue weighted by Crippen LogP contribution is -2.50. The topological polar surface area (TPSA) is 118 Å². The highest BCUT2D eigenvalue weighted by Crippen LogP contribution is 2.28. The Hall–Kier alpha value is -2.84. The molecule has 1 fully saturated rings. The van der Waals surface area contributed by atoms with Gasteiger partial charge in [-0.2, -0.15) is 0 Å². The molecule has 2 amide bonds. The number of benzene rings is 1. The molecule has 8 heteroatoms. The summed E-state index contributed by atoms with van der Waals surface area (Å²) in [5, 5.41) is 25.0. The third kappa shape index (κ3) is 4.52. The largest absolute Gasteiger partial charge is 0.733 e. The summed E-state index contributed by atoms with van der Waals surface area (Å²) in [7, 11) is 1.56. The molecule has 0 aliphatic heterocycles. The molecule has 2 aromatic rings. The van der Waals surface area contributed by atoms with Crippen molar-refractivity contribution in [3.63, 3.8) is 0 Å². The summed E-state index contributed by atoms with van der Waals surface area (Å²) in [4.78, 5) is 24.9. The third-order valence-electron chi connectivity index (χ3n) is 5.14. The summed E-state index contributed by atoms with van der Waals surface area (Å²) >= 11 is 0. The number of furan rings is 1. The number of nitrogens with zero attached hydrogens (tertiary/aromatic N) is 1. The molecule has 28 heavy (non-hydrogen) atoms. The van der Waals surface area contributed by atoms with E-state index in [-0.39, 0.29) is 28.5 Å². The van der Waals surface area contributed by atoms with E-state index in [1.807, 2.05) is 0 Å². The number of likely N-dealkylation sites (N-methyl/N-ethyl adjacent to an activating group) is 1. The van der Waals surface area contributed by atoms with Crippen LogP contribution >= 0.6 is 0 Å². The van der Waals surface area contributed by atoms with E-state index in [1.165, 1.54) is 12.1 Å². The van der Waals surface area contributed by atoms with Crippen LogP contribution in [0.3, 0.4) is 0 Å². The van der Waals surface area contributed by atoms with Gasteiger partial charge >= 0.3 is 0 Å². The van der Waals surface area contributed by atoms with E-state index in [4.69, 9.17) is 9.62 Å². The molecule has 3 rings (SSSR count). The second-order valence-corrected chi connectivity index (χ2v) is 6.95. The number of hydrogen-bond donors (Lipinski definition) is 3. The molecular formula is C20H24N3O5-. The van der Waals surface area contributed by atoms with E-state index < -0.39 is 11.9 Å². The van der Waals surface area contributed by atoms with Crippen molar-refractivity contribution in [2.45, 2.75) is 38.1 Å². The fourth-order valence-corrected chi connectivity index (χ4v) is 3.60. The van der Waals surface area contributed by atoms with Crippen molar-refractivity contribution in [1.29, 1.82) is 0 Å². The van der Waals surface area contributed by atoms with Crippen LogP contribution in [0.5, 0.6) is 0 Å². The van der Waals surface area contributed by atoms with Gasteiger partial charge in [-0.05, 0) is 55.2 Å². The van der Waals surface area contributed by atoms with Crippen LogP contribution in [0, 0.1) is 11.1 Å². The van der Waals surface area contributed by atoms with Crippen LogP contribution in [-0.2, 0) is 4.79 Å². The minimum Gasteiger partial charge on any atom is -0.733 e. The first-order chi connectivity index (χ1) is 13.5. The Labute approximate surface area is 163 Å². The van der Waals surface area contributed by atoms with Crippen molar-refractivity contribution >= 4 is 17.5 Å². The molecule has 3 N–H and O–H groups in total. The smallest absolute Gasteiger partial charge is 0.287 e. The van der Waals surface area contributed by atoms with Gasteiger partial charge in [0.25, 0.3) is 5.91 Å². The van der Waals surface area contributed by atoms with Crippen molar-refractivity contribution in [2.24, 2.45) is 5.92 Å². The first kappa shape index (κ1) is 19.9. The lowest BCUT2D eigenvalue weighted by Gasteiger charge is -2.29. The number of amides is 2. The second-order valence-electron chi connectivity index (χ2n) is 6.95. The zero-order chi connectivity index (χ0) is 20.1. The van der Waals surface area contributed by atoms with Gasteiger partial charge < -0.3 is 25.5 Å². The van der Waals surface area contributed by atoms with E-state index in [0.717, 1.165) is 32.1 Å². The van der Waals surface area contributed by atoms with Crippen molar-refractivity contribution in [3.05, 3.63) is 47.4 Å². The molecule has 1 heterocycles. The molecule has 1 aliphatic rings. The Balaban J connectivity index is 1.72. The van der Waals surface area contributed by atoms with E-state index in [9.17, 15) is 14.8 Å². The monoisotopic (exact) mass is 386 g/mol. The summed E-state index contributed by atoms with van der Waals surface area (Å²) in [5.41, 5.74) is 0.744. The predicted octanol–water partition coefficient (Wildman–Crippen LogP) is 3.06. The summed E-state index contributed by atoms with van der Waals surface area (Å²) < 4.78 is 5.64. The lowest BCUT2D eigenvalue weighted by atomic mass is 9.83. The Morgan fingerprint density at radius 1 is 1.14 bits per heavy atom. The van der Waals surface area contributed by atoms with Gasteiger partial charge in [-0.3, -0.25) is 14.8 Å². The lowest BCUT2D eigenvalue weighted by molar-refractivity contribution is -0.124. The quantitative estimate of drug-likeness (QED) is 0.657. The Bertz CT molecular complexity index is 810. The van der Waals surface area contributed by atoms with Crippen LogP contribution < -0.4 is 15.9 Å². The van der Waals surface area contributed by atoms with Gasteiger partial charge in [0.05, 0.1) is 5.69 Å². The number of anilines is 1. The maximum atomic E-state index is 12.6. The highest BCUT2D eigenvalue weighted by Gasteiger charge is 2.31. The zero-order valence-electron chi connectivity index (χ0n) is 15.7. The van der Waals surface area contributed by atoms with Gasteiger partial charge in [0.15, 0.2) is 5.76 Å². The Morgan fingerprint density at radius 2 is 1.82 bits per heavy atom. The van der Waals surface area contributed by atoms with Crippen molar-refractivity contribution < 1.29 is 19.2 Å². The normalized spacial score (nSPS) is 15.7. The highest BCUT2D eigenvalue weighted by molar-refractivity contribution is 5.96. The molecule has 0 saturated heterocycles. The standard InChI is InChI=1S/C20H24N3O5/c1-21-20(25)18(14-5-3-2-4-6-14)22-19(24)17-12-11-16(28-17)13-7-9-15(10-8-13)23(26)27/h7-12,14,18,26H,2-6H2,1H3,(H,21,25)(H,22,24)/q-1. The molecule has 1 unspecified atom stereocenters. The fourth-order valence-electron chi connectivity index (χ4n) is 3.60. The maximum Gasteiger partial charge on any atom is 0.287 e. The summed E-state index contributed by atoms with van der Waals surface area (Å²) in [5.74, 6) is 0.0303. The first-order valence-electron chi connectivity index (χ1n) is 9.38. The SMILES string of the molecule is CNC(=O)C(NC(=O)c1ccc(-c2ccc(N([O-])O)cc2)o1)C1CCCCC1. The van der Waals surface area contributed by atoms with Crippen molar-refractivity contribution in [3.8, 4) is 11.3 Å². The summed E-state index contributed by atoms with van der Waals surface area (Å²) in [6, 6.07) is 8.70. The van der Waals surface area contributed by atoms with E-state index >= 15 is 0 Å². The molecular weight excluding hydrogens is 362 g/mol. The summed E-state index contributed by atoms with van der Waals surface area (Å²) in [6.45, 7) is 0. The molecule has 150 valence electrons. The van der Waals surface area contributed by atoms with Gasteiger partial charge in [-0.25, -0.2) is 0 Å². The maximum absolute atomic E-state index is 12.6. The molecule has 0 radical (unpaired) electrons. The minimum absolute atomic E-state index is 0.0918. The van der Waals surface area contributed by atoms with Gasteiger partial charge in [0, 0.05) is 12.6 Å². The molecule has 1 atom stereocenters. The van der Waals surface area contributed by atoms with Gasteiger partial charge in [0.2, 0.25) is 5.91 Å². The average Bonchev–Trinajstić information content (AvgIpc) is 3.22. The number of carbonyl (C=O) groups excluding carboxylic acids is 2. The van der Waals surface area contributed by atoms with Crippen molar-refractivity contribution in [2.75, 3.05) is 12.3 Å². The van der Waals surface area contributed by atoms with Crippen LogP contribution in [0.15, 0.2) is 40.8 Å². The molecule has 1 aromatic carbocycles.